The number of ether oxygens (including phenoxy) is 1. The van der Waals surface area contributed by atoms with Crippen LogP contribution in [0.3, 0.4) is 0 Å². The molecule has 0 aromatic heterocycles. The molecule has 4 nitrogen and oxygen atoms in total. The van der Waals surface area contributed by atoms with Gasteiger partial charge in [-0.2, -0.15) is 0 Å². The number of aromatic hydroxyl groups is 1. The normalized spacial score (nSPS) is 14.5. The third kappa shape index (κ3) is 3.82. The average molecular weight is 399 g/mol. The quantitative estimate of drug-likeness (QED) is 0.679. The molecule has 0 saturated heterocycles. The van der Waals surface area contributed by atoms with Crippen LogP contribution in [0, 0.1) is 6.92 Å². The van der Waals surface area contributed by atoms with Crippen molar-refractivity contribution in [1.29, 1.82) is 0 Å². The highest BCUT2D eigenvalue weighted by Gasteiger charge is 2.39. The minimum atomic E-state index is -1.95. The van der Waals surface area contributed by atoms with Gasteiger partial charge in [-0.15, -0.1) is 0 Å². The number of hydrogen-bond acceptors (Lipinski definition) is 4. The Hall–Kier alpha value is -2.24. The standard InChI is InChI=1S/C23H30O4Si/c1-15-7-9-17(21(25)11-15)20-14-26-22-12-16(8-10-18(22)19(20)13-24)27-28(5,6)23(2,3)4/h7-12,24-25H,13-14H2,1-6H3. The minimum absolute atomic E-state index is 0.107. The van der Waals surface area contributed by atoms with Gasteiger partial charge in [-0.05, 0) is 54.4 Å². The van der Waals surface area contributed by atoms with E-state index >= 15 is 0 Å². The molecule has 0 unspecified atom stereocenters. The van der Waals surface area contributed by atoms with Gasteiger partial charge in [0.25, 0.3) is 0 Å². The van der Waals surface area contributed by atoms with Gasteiger partial charge in [0.05, 0.1) is 6.61 Å². The van der Waals surface area contributed by atoms with Crippen molar-refractivity contribution in [2.24, 2.45) is 0 Å². The summed E-state index contributed by atoms with van der Waals surface area (Å²) in [6.45, 7) is 13.2. The first-order chi connectivity index (χ1) is 13.0. The number of fused-ring (bicyclic) bond motifs is 1. The molecule has 0 spiro atoms. The first kappa shape index (κ1) is 20.5. The predicted octanol–water partition coefficient (Wildman–Crippen LogP) is 5.38. The van der Waals surface area contributed by atoms with Crippen LogP contribution in [-0.2, 0) is 0 Å². The van der Waals surface area contributed by atoms with Crippen LogP contribution in [0.2, 0.25) is 18.1 Å². The molecule has 150 valence electrons. The van der Waals surface area contributed by atoms with E-state index in [4.69, 9.17) is 9.16 Å². The van der Waals surface area contributed by atoms with Crippen LogP contribution >= 0.6 is 0 Å². The molecule has 1 aliphatic rings. The minimum Gasteiger partial charge on any atom is -0.543 e. The smallest absolute Gasteiger partial charge is 0.250 e. The summed E-state index contributed by atoms with van der Waals surface area (Å²) < 4.78 is 12.4. The molecule has 0 bridgehead atoms. The third-order valence-corrected chi connectivity index (χ3v) is 10.2. The van der Waals surface area contributed by atoms with Crippen LogP contribution in [0.4, 0.5) is 0 Å². The van der Waals surface area contributed by atoms with Crippen molar-refractivity contribution in [3.05, 3.63) is 53.1 Å². The van der Waals surface area contributed by atoms with Crippen molar-refractivity contribution in [1.82, 2.24) is 0 Å². The van der Waals surface area contributed by atoms with E-state index in [-0.39, 0.29) is 17.4 Å². The molecule has 2 N–H and O–H groups in total. The van der Waals surface area contributed by atoms with Crippen molar-refractivity contribution in [3.63, 3.8) is 0 Å². The van der Waals surface area contributed by atoms with Gasteiger partial charge in [-0.1, -0.05) is 32.9 Å². The Bertz CT molecular complexity index is 923. The molecule has 0 aliphatic carbocycles. The number of aryl methyl sites for hydroxylation is 1. The van der Waals surface area contributed by atoms with Crippen LogP contribution < -0.4 is 9.16 Å². The summed E-state index contributed by atoms with van der Waals surface area (Å²) in [5, 5.41) is 20.5. The molecular weight excluding hydrogens is 368 g/mol. The van der Waals surface area contributed by atoms with Crippen LogP contribution in [0.1, 0.15) is 37.5 Å². The molecule has 0 radical (unpaired) electrons. The van der Waals surface area contributed by atoms with Crippen LogP contribution in [0.25, 0.3) is 11.1 Å². The summed E-state index contributed by atoms with van der Waals surface area (Å²) in [7, 11) is -1.95. The maximum absolute atomic E-state index is 10.4. The Morgan fingerprint density at radius 1 is 1.07 bits per heavy atom. The van der Waals surface area contributed by atoms with Crippen molar-refractivity contribution in [2.45, 2.75) is 45.8 Å². The van der Waals surface area contributed by atoms with Gasteiger partial charge in [0.2, 0.25) is 8.32 Å². The Kier molecular flexibility index (Phi) is 5.34. The average Bonchev–Trinajstić information content (AvgIpc) is 2.59. The van der Waals surface area contributed by atoms with Gasteiger partial charge in [0, 0.05) is 22.8 Å². The maximum Gasteiger partial charge on any atom is 0.250 e. The second-order valence-electron chi connectivity index (χ2n) is 8.94. The summed E-state index contributed by atoms with van der Waals surface area (Å²) in [6, 6.07) is 11.3. The van der Waals surface area contributed by atoms with E-state index in [0.717, 1.165) is 28.0 Å². The van der Waals surface area contributed by atoms with E-state index in [0.29, 0.717) is 17.9 Å². The van der Waals surface area contributed by atoms with Gasteiger partial charge < -0.3 is 19.4 Å². The summed E-state index contributed by atoms with van der Waals surface area (Å²) in [4.78, 5) is 0. The lowest BCUT2D eigenvalue weighted by molar-refractivity contribution is 0.336. The molecular formula is C23H30O4Si. The van der Waals surface area contributed by atoms with Crippen molar-refractivity contribution in [3.8, 4) is 17.2 Å². The highest BCUT2D eigenvalue weighted by molar-refractivity contribution is 6.74. The Balaban J connectivity index is 2.00. The monoisotopic (exact) mass is 398 g/mol. The van der Waals surface area contributed by atoms with Gasteiger partial charge in [0.1, 0.15) is 23.9 Å². The van der Waals surface area contributed by atoms with Crippen molar-refractivity contribution >= 4 is 19.5 Å². The summed E-state index contributed by atoms with van der Waals surface area (Å²) in [5.41, 5.74) is 4.11. The molecule has 2 aromatic carbocycles. The van der Waals surface area contributed by atoms with Crippen molar-refractivity contribution in [2.75, 3.05) is 13.2 Å². The zero-order valence-corrected chi connectivity index (χ0v) is 18.6. The van der Waals surface area contributed by atoms with Gasteiger partial charge >= 0.3 is 0 Å². The fourth-order valence-corrected chi connectivity index (χ4v) is 4.12. The number of phenols is 1. The number of hydrogen-bond donors (Lipinski definition) is 2. The fourth-order valence-electron chi connectivity index (χ4n) is 3.10. The molecule has 3 rings (SSSR count). The van der Waals surface area contributed by atoms with Crippen LogP contribution in [0.5, 0.6) is 17.2 Å². The molecule has 2 aromatic rings. The molecule has 1 heterocycles. The van der Waals surface area contributed by atoms with E-state index in [1.807, 2.05) is 37.3 Å². The molecule has 28 heavy (non-hydrogen) atoms. The number of benzene rings is 2. The zero-order valence-electron chi connectivity index (χ0n) is 17.6. The zero-order chi connectivity index (χ0) is 20.7. The largest absolute Gasteiger partial charge is 0.543 e. The van der Waals surface area contributed by atoms with Gasteiger partial charge in [0.15, 0.2) is 0 Å². The number of aliphatic hydroxyl groups is 1. The SMILES string of the molecule is Cc1ccc(C2=C(CO)c3ccc(O[Si](C)(C)C(C)(C)C)cc3OC2)c(O)c1. The third-order valence-electron chi connectivity index (χ3n) is 5.83. The summed E-state index contributed by atoms with van der Waals surface area (Å²) in [5.74, 6) is 1.70. The molecule has 0 saturated carbocycles. The Morgan fingerprint density at radius 3 is 2.36 bits per heavy atom. The van der Waals surface area contributed by atoms with Crippen LogP contribution in [0.15, 0.2) is 36.4 Å². The molecule has 5 heteroatoms. The fraction of sp³-hybridized carbons (Fsp3) is 0.391. The lowest BCUT2D eigenvalue weighted by atomic mass is 9.92. The highest BCUT2D eigenvalue weighted by atomic mass is 28.4. The van der Waals surface area contributed by atoms with E-state index in [1.165, 1.54) is 0 Å². The Labute approximate surface area is 168 Å². The predicted molar refractivity (Wildman–Crippen MR) is 117 cm³/mol. The topological polar surface area (TPSA) is 58.9 Å². The van der Waals surface area contributed by atoms with Crippen LogP contribution in [-0.4, -0.2) is 31.7 Å². The number of phenolic OH excluding ortho intramolecular Hbond substituents is 1. The molecule has 1 aliphatic heterocycles. The maximum atomic E-state index is 10.4. The number of aliphatic hydroxyl groups excluding tert-OH is 1. The summed E-state index contributed by atoms with van der Waals surface area (Å²) in [6.07, 6.45) is 0. The van der Waals surface area contributed by atoms with E-state index in [9.17, 15) is 10.2 Å². The van der Waals surface area contributed by atoms with E-state index in [1.54, 1.807) is 6.07 Å². The van der Waals surface area contributed by atoms with E-state index in [2.05, 4.69) is 33.9 Å². The van der Waals surface area contributed by atoms with Gasteiger partial charge in [-0.3, -0.25) is 0 Å². The second kappa shape index (κ2) is 7.30. The highest BCUT2D eigenvalue weighted by Crippen LogP contribution is 2.43. The summed E-state index contributed by atoms with van der Waals surface area (Å²) >= 11 is 0. The molecule has 0 amide bonds. The Morgan fingerprint density at radius 2 is 1.75 bits per heavy atom. The van der Waals surface area contributed by atoms with E-state index < -0.39 is 8.32 Å². The molecule has 0 fully saturated rings. The first-order valence-electron chi connectivity index (χ1n) is 9.62. The number of rotatable bonds is 4. The lowest BCUT2D eigenvalue weighted by Gasteiger charge is -2.36. The first-order valence-corrected chi connectivity index (χ1v) is 12.5. The molecule has 0 atom stereocenters. The van der Waals surface area contributed by atoms with Crippen molar-refractivity contribution < 1.29 is 19.4 Å². The second-order valence-corrected chi connectivity index (χ2v) is 13.7. The lowest BCUT2D eigenvalue weighted by Crippen LogP contribution is -2.43. The van der Waals surface area contributed by atoms with Gasteiger partial charge in [-0.25, -0.2) is 0 Å².